The Morgan fingerprint density at radius 2 is 1.80 bits per heavy atom. The first-order valence-electron chi connectivity index (χ1n) is 12.8. The van der Waals surface area contributed by atoms with Gasteiger partial charge in [0.1, 0.15) is 5.69 Å². The molecule has 1 aromatic heterocycles. The lowest BCUT2D eigenvalue weighted by Gasteiger charge is -2.45. The molecule has 3 fully saturated rings. The zero-order chi connectivity index (χ0) is 24.4. The number of carbonyl (C=O) groups excluding carboxylic acids is 1. The molecule has 0 atom stereocenters. The van der Waals surface area contributed by atoms with Gasteiger partial charge < -0.3 is 15.3 Å². The molecule has 2 saturated carbocycles. The Bertz CT molecular complexity index is 1090. The number of hydrogen-bond acceptors (Lipinski definition) is 5. The number of hydrogen-bond donors (Lipinski definition) is 2. The summed E-state index contributed by atoms with van der Waals surface area (Å²) in [4.78, 5) is 35.8. The van der Waals surface area contributed by atoms with Gasteiger partial charge in [-0.15, -0.1) is 0 Å². The number of carboxylic acids is 1. The van der Waals surface area contributed by atoms with Gasteiger partial charge >= 0.3 is 5.97 Å². The van der Waals surface area contributed by atoms with E-state index in [9.17, 15) is 14.7 Å². The topological polar surface area (TPSA) is 95.4 Å². The fraction of sp³-hybridized carbons (Fsp3) is 0.556. The van der Waals surface area contributed by atoms with Crippen molar-refractivity contribution in [2.24, 2.45) is 17.3 Å². The van der Waals surface area contributed by atoms with Crippen molar-refractivity contribution in [3.8, 4) is 11.3 Å². The maximum atomic E-state index is 13.2. The predicted molar refractivity (Wildman–Crippen MR) is 136 cm³/mol. The van der Waals surface area contributed by atoms with Gasteiger partial charge in [0.05, 0.1) is 16.5 Å². The van der Waals surface area contributed by atoms with Crippen LogP contribution in [0.15, 0.2) is 30.6 Å². The fourth-order valence-corrected chi connectivity index (χ4v) is 6.59. The largest absolute Gasteiger partial charge is 0.481 e. The van der Waals surface area contributed by atoms with Crippen molar-refractivity contribution >= 4 is 29.3 Å². The number of aliphatic carboxylic acids is 1. The van der Waals surface area contributed by atoms with Gasteiger partial charge in [0.15, 0.2) is 5.82 Å². The van der Waals surface area contributed by atoms with Crippen LogP contribution in [0, 0.1) is 17.3 Å². The summed E-state index contributed by atoms with van der Waals surface area (Å²) in [6, 6.07) is 5.41. The molecule has 1 aromatic carbocycles. The van der Waals surface area contributed by atoms with Crippen molar-refractivity contribution in [2.75, 3.05) is 24.5 Å². The number of fused-ring (bicyclic) bond motifs is 2. The van der Waals surface area contributed by atoms with Gasteiger partial charge in [-0.1, -0.05) is 43.4 Å². The number of halogens is 1. The van der Waals surface area contributed by atoms with Crippen LogP contribution in [0.4, 0.5) is 5.82 Å². The predicted octanol–water partition coefficient (Wildman–Crippen LogP) is 5.19. The minimum atomic E-state index is -0.742. The molecule has 2 aromatic rings. The second-order valence-corrected chi connectivity index (χ2v) is 11.0. The first-order valence-corrected chi connectivity index (χ1v) is 13.2. The number of anilines is 1. The highest BCUT2D eigenvalue weighted by Crippen LogP contribution is 2.48. The van der Waals surface area contributed by atoms with Crippen LogP contribution < -0.4 is 10.2 Å². The Kier molecular flexibility index (Phi) is 6.96. The van der Waals surface area contributed by atoms with Gasteiger partial charge in [0, 0.05) is 37.6 Å². The molecule has 0 unspecified atom stereocenters. The molecular formula is C27H33ClN4O3. The van der Waals surface area contributed by atoms with Crippen LogP contribution in [0.2, 0.25) is 5.02 Å². The number of piperidine rings is 1. The standard InChI is InChI=1S/C27H33ClN4O3/c28-22-6-5-20(23-24(30-12-11-29-23)32-13-7-19(8-14-32)26(34)35)15-21(22)25(33)31-17-27-9-1-3-18(16-27)4-2-10-27/h5-6,11-12,15,18-19H,1-4,7-10,13-14,16-17H2,(H,31,33)(H,34,35). The Labute approximate surface area is 211 Å². The average Bonchev–Trinajstić information content (AvgIpc) is 2.88. The van der Waals surface area contributed by atoms with Gasteiger partial charge in [0.25, 0.3) is 5.91 Å². The Hall–Kier alpha value is -2.67. The molecule has 1 aliphatic heterocycles. The first-order chi connectivity index (χ1) is 16.9. The summed E-state index contributed by atoms with van der Waals surface area (Å²) in [5.74, 6) is 0.317. The van der Waals surface area contributed by atoms with E-state index in [1.165, 1.54) is 44.9 Å². The van der Waals surface area contributed by atoms with Gasteiger partial charge in [-0.2, -0.15) is 0 Å². The third-order valence-electron chi connectivity index (χ3n) is 8.29. The van der Waals surface area contributed by atoms with Crippen LogP contribution in [0.25, 0.3) is 11.3 Å². The SMILES string of the molecule is O=C(NCC12CCCC(CCC1)C2)c1cc(-c2nccnc2N2CCC(C(=O)O)CC2)ccc1Cl. The zero-order valence-corrected chi connectivity index (χ0v) is 20.8. The van der Waals surface area contributed by atoms with Crippen LogP contribution >= 0.6 is 11.6 Å². The Morgan fingerprint density at radius 3 is 2.51 bits per heavy atom. The van der Waals surface area contributed by atoms with Crippen molar-refractivity contribution in [1.82, 2.24) is 15.3 Å². The molecule has 8 heteroatoms. The summed E-state index contributed by atoms with van der Waals surface area (Å²) in [7, 11) is 0. The lowest BCUT2D eigenvalue weighted by atomic mass is 9.62. The fourth-order valence-electron chi connectivity index (χ4n) is 6.38. The summed E-state index contributed by atoms with van der Waals surface area (Å²) in [6.07, 6.45) is 13.2. The molecule has 2 heterocycles. The molecular weight excluding hydrogens is 464 g/mol. The lowest BCUT2D eigenvalue weighted by Crippen LogP contribution is -2.43. The second-order valence-electron chi connectivity index (χ2n) is 10.6. The van der Waals surface area contributed by atoms with E-state index in [1.807, 2.05) is 6.07 Å². The number of carbonyl (C=O) groups is 2. The van der Waals surface area contributed by atoms with Gasteiger partial charge in [-0.3, -0.25) is 14.6 Å². The molecule has 35 heavy (non-hydrogen) atoms. The Morgan fingerprint density at radius 1 is 1.09 bits per heavy atom. The van der Waals surface area contributed by atoms with Crippen LogP contribution in [-0.2, 0) is 4.79 Å². The third-order valence-corrected chi connectivity index (χ3v) is 8.62. The zero-order valence-electron chi connectivity index (χ0n) is 20.0. The number of amides is 1. The molecule has 5 rings (SSSR count). The van der Waals surface area contributed by atoms with Crippen LogP contribution in [0.5, 0.6) is 0 Å². The normalized spacial score (nSPS) is 24.7. The molecule has 3 aliphatic rings. The van der Waals surface area contributed by atoms with Gasteiger partial charge in [0.2, 0.25) is 0 Å². The molecule has 2 aliphatic carbocycles. The second kappa shape index (κ2) is 10.1. The smallest absolute Gasteiger partial charge is 0.306 e. The maximum Gasteiger partial charge on any atom is 0.306 e. The van der Waals surface area contributed by atoms with Gasteiger partial charge in [-0.25, -0.2) is 4.98 Å². The molecule has 186 valence electrons. The number of rotatable bonds is 6. The highest BCUT2D eigenvalue weighted by Gasteiger charge is 2.39. The van der Waals surface area contributed by atoms with Gasteiger partial charge in [-0.05, 0) is 55.6 Å². The Balaban J connectivity index is 1.33. The lowest BCUT2D eigenvalue weighted by molar-refractivity contribution is -0.142. The molecule has 2 bridgehead atoms. The van der Waals surface area contributed by atoms with E-state index >= 15 is 0 Å². The van der Waals surface area contributed by atoms with E-state index in [4.69, 9.17) is 11.6 Å². The third kappa shape index (κ3) is 5.15. The molecule has 2 N–H and O–H groups in total. The summed E-state index contributed by atoms with van der Waals surface area (Å²) in [6.45, 7) is 1.91. The van der Waals surface area contributed by atoms with Crippen molar-refractivity contribution in [2.45, 2.75) is 57.8 Å². The van der Waals surface area contributed by atoms with Crippen molar-refractivity contribution in [3.63, 3.8) is 0 Å². The van der Waals surface area contributed by atoms with E-state index in [-0.39, 0.29) is 17.2 Å². The van der Waals surface area contributed by atoms with E-state index in [2.05, 4.69) is 20.2 Å². The summed E-state index contributed by atoms with van der Waals surface area (Å²) in [5, 5.41) is 12.9. The number of carboxylic acid groups (broad SMARTS) is 1. The van der Waals surface area contributed by atoms with E-state index < -0.39 is 5.97 Å². The molecule has 0 spiro atoms. The van der Waals surface area contributed by atoms with Crippen LogP contribution in [0.3, 0.4) is 0 Å². The number of benzene rings is 1. The number of nitrogens with zero attached hydrogens (tertiary/aromatic N) is 3. The quantitative estimate of drug-likeness (QED) is 0.571. The summed E-state index contributed by atoms with van der Waals surface area (Å²) >= 11 is 6.47. The maximum absolute atomic E-state index is 13.2. The van der Waals surface area contributed by atoms with E-state index in [1.54, 1.807) is 24.5 Å². The van der Waals surface area contributed by atoms with Crippen molar-refractivity contribution in [1.29, 1.82) is 0 Å². The van der Waals surface area contributed by atoms with Crippen molar-refractivity contribution in [3.05, 3.63) is 41.2 Å². The molecule has 7 nitrogen and oxygen atoms in total. The first kappa shape index (κ1) is 24.0. The average molecular weight is 497 g/mol. The van der Waals surface area contributed by atoms with Crippen molar-refractivity contribution < 1.29 is 14.7 Å². The van der Waals surface area contributed by atoms with Crippen LogP contribution in [0.1, 0.15) is 68.1 Å². The van der Waals surface area contributed by atoms with E-state index in [0.717, 1.165) is 11.5 Å². The minimum absolute atomic E-state index is 0.147. The summed E-state index contributed by atoms with van der Waals surface area (Å²) < 4.78 is 0. The van der Waals surface area contributed by atoms with Crippen LogP contribution in [-0.4, -0.2) is 46.6 Å². The van der Waals surface area contributed by atoms with E-state index in [0.29, 0.717) is 54.6 Å². The highest BCUT2D eigenvalue weighted by atomic mass is 35.5. The highest BCUT2D eigenvalue weighted by molar-refractivity contribution is 6.34. The minimum Gasteiger partial charge on any atom is -0.481 e. The number of aromatic nitrogens is 2. The summed E-state index contributed by atoms with van der Waals surface area (Å²) in [5.41, 5.74) is 2.13. The monoisotopic (exact) mass is 496 g/mol. The molecule has 1 amide bonds. The molecule has 0 radical (unpaired) electrons. The number of nitrogens with one attached hydrogen (secondary N) is 1. The molecule has 1 saturated heterocycles.